The molecule has 0 radical (unpaired) electrons. The first-order valence-electron chi connectivity index (χ1n) is 8.65. The number of aromatic nitrogens is 4. The number of hydrogen-bond donors (Lipinski definition) is 0. The number of benzene rings is 1. The van der Waals surface area contributed by atoms with Gasteiger partial charge < -0.3 is 14.0 Å². The molecule has 1 atom stereocenters. The molecule has 0 saturated carbocycles. The normalized spacial score (nSPS) is 17.2. The lowest BCUT2D eigenvalue weighted by atomic mass is 10.1. The average Bonchev–Trinajstić information content (AvgIpc) is 3.41. The minimum atomic E-state index is -4.67. The van der Waals surface area contributed by atoms with E-state index in [4.69, 9.17) is 0 Å². The van der Waals surface area contributed by atoms with Crippen LogP contribution < -0.4 is 0 Å². The SMILES string of the molecule is O=C(c1ccc(Cn2ccnc2)cc1)N1CCC(c2noc(C(F)(F)F)n2)C1. The van der Waals surface area contributed by atoms with Crippen LogP contribution in [0.25, 0.3) is 0 Å². The molecule has 3 heterocycles. The van der Waals surface area contributed by atoms with Crippen molar-refractivity contribution in [1.82, 2.24) is 24.6 Å². The van der Waals surface area contributed by atoms with E-state index >= 15 is 0 Å². The number of rotatable bonds is 4. The quantitative estimate of drug-likeness (QED) is 0.683. The summed E-state index contributed by atoms with van der Waals surface area (Å²) in [6.45, 7) is 1.34. The zero-order valence-corrected chi connectivity index (χ0v) is 14.6. The largest absolute Gasteiger partial charge is 0.471 e. The van der Waals surface area contributed by atoms with Crippen LogP contribution in [0.5, 0.6) is 0 Å². The molecule has 1 amide bonds. The third-order valence-electron chi connectivity index (χ3n) is 4.65. The molecule has 10 heteroatoms. The Bertz CT molecular complexity index is 951. The number of halogens is 3. The molecular formula is C18H16F3N5O2. The Balaban J connectivity index is 1.39. The fraction of sp³-hybridized carbons (Fsp3) is 0.333. The van der Waals surface area contributed by atoms with Crippen LogP contribution in [0, 0.1) is 0 Å². The Hall–Kier alpha value is -3.17. The monoisotopic (exact) mass is 391 g/mol. The minimum absolute atomic E-state index is 0.0155. The summed E-state index contributed by atoms with van der Waals surface area (Å²) < 4.78 is 44.0. The van der Waals surface area contributed by atoms with E-state index in [2.05, 4.69) is 19.6 Å². The van der Waals surface area contributed by atoms with Crippen LogP contribution in [-0.4, -0.2) is 43.6 Å². The summed E-state index contributed by atoms with van der Waals surface area (Å²) >= 11 is 0. The summed E-state index contributed by atoms with van der Waals surface area (Å²) in [4.78, 5) is 21.7. The van der Waals surface area contributed by atoms with Crippen molar-refractivity contribution in [1.29, 1.82) is 0 Å². The summed E-state index contributed by atoms with van der Waals surface area (Å²) in [6.07, 6.45) is 1.08. The Morgan fingerprint density at radius 3 is 2.68 bits per heavy atom. The van der Waals surface area contributed by atoms with Crippen molar-refractivity contribution in [3.63, 3.8) is 0 Å². The molecule has 0 spiro atoms. The van der Waals surface area contributed by atoms with Gasteiger partial charge in [0, 0.05) is 43.5 Å². The van der Waals surface area contributed by atoms with Gasteiger partial charge in [-0.3, -0.25) is 4.79 Å². The van der Waals surface area contributed by atoms with Crippen LogP contribution in [0.15, 0.2) is 47.5 Å². The molecule has 2 aromatic heterocycles. The topological polar surface area (TPSA) is 77.0 Å². The van der Waals surface area contributed by atoms with Crippen molar-refractivity contribution in [3.05, 3.63) is 65.8 Å². The van der Waals surface area contributed by atoms with Crippen LogP contribution in [0.3, 0.4) is 0 Å². The zero-order valence-electron chi connectivity index (χ0n) is 14.6. The van der Waals surface area contributed by atoms with Gasteiger partial charge in [0.15, 0.2) is 5.82 Å². The second kappa shape index (κ2) is 7.10. The van der Waals surface area contributed by atoms with Crippen molar-refractivity contribution in [2.45, 2.75) is 25.1 Å². The number of likely N-dealkylation sites (tertiary alicyclic amines) is 1. The summed E-state index contributed by atoms with van der Waals surface area (Å²) in [5.41, 5.74) is 1.56. The summed E-state index contributed by atoms with van der Waals surface area (Å²) in [7, 11) is 0. The van der Waals surface area contributed by atoms with Crippen molar-refractivity contribution in [2.24, 2.45) is 0 Å². The van der Waals surface area contributed by atoms with Crippen molar-refractivity contribution >= 4 is 5.91 Å². The first kappa shape index (κ1) is 18.2. The molecule has 0 N–H and O–H groups in total. The molecule has 146 valence electrons. The molecular weight excluding hydrogens is 375 g/mol. The number of carbonyl (C=O) groups is 1. The number of amides is 1. The van der Waals surface area contributed by atoms with E-state index < -0.39 is 12.1 Å². The Kier molecular flexibility index (Phi) is 4.62. The highest BCUT2D eigenvalue weighted by Crippen LogP contribution is 2.31. The molecule has 1 aliphatic rings. The molecule has 3 aromatic rings. The van der Waals surface area contributed by atoms with Gasteiger partial charge in [-0.25, -0.2) is 4.98 Å². The Labute approximate surface area is 157 Å². The highest BCUT2D eigenvalue weighted by molar-refractivity contribution is 5.94. The Morgan fingerprint density at radius 1 is 1.25 bits per heavy atom. The van der Waals surface area contributed by atoms with Crippen LogP contribution in [0.2, 0.25) is 0 Å². The highest BCUT2D eigenvalue weighted by atomic mass is 19.4. The fourth-order valence-corrected chi connectivity index (χ4v) is 3.20. The van der Waals surface area contributed by atoms with Gasteiger partial charge in [0.2, 0.25) is 0 Å². The smallest absolute Gasteiger partial charge is 0.338 e. The van der Waals surface area contributed by atoms with Crippen LogP contribution in [0.4, 0.5) is 13.2 Å². The molecule has 0 bridgehead atoms. The predicted octanol–water partition coefficient (Wildman–Crippen LogP) is 2.96. The standard InChI is InChI=1S/C18H16F3N5O2/c19-18(20,21)17-23-15(24-28-17)14-5-7-26(10-14)16(27)13-3-1-12(2-4-13)9-25-8-6-22-11-25/h1-4,6,8,11,14H,5,7,9-10H2. The van der Waals surface area contributed by atoms with Gasteiger partial charge in [0.05, 0.1) is 6.33 Å². The first-order valence-corrected chi connectivity index (χ1v) is 8.65. The number of imidazole rings is 1. The number of carbonyl (C=O) groups excluding carboxylic acids is 1. The first-order chi connectivity index (χ1) is 13.4. The molecule has 1 fully saturated rings. The van der Waals surface area contributed by atoms with Crippen molar-refractivity contribution in [3.8, 4) is 0 Å². The molecule has 28 heavy (non-hydrogen) atoms. The summed E-state index contributed by atoms with van der Waals surface area (Å²) in [6, 6.07) is 7.24. The zero-order chi connectivity index (χ0) is 19.7. The molecule has 1 aliphatic heterocycles. The van der Waals surface area contributed by atoms with E-state index in [1.165, 1.54) is 0 Å². The van der Waals surface area contributed by atoms with Gasteiger partial charge >= 0.3 is 12.1 Å². The third kappa shape index (κ3) is 3.75. The maximum Gasteiger partial charge on any atom is 0.471 e. The van der Waals surface area contributed by atoms with E-state index in [0.717, 1.165) is 5.56 Å². The van der Waals surface area contributed by atoms with Gasteiger partial charge in [0.25, 0.3) is 5.91 Å². The van der Waals surface area contributed by atoms with Crippen LogP contribution in [0.1, 0.15) is 40.0 Å². The summed E-state index contributed by atoms with van der Waals surface area (Å²) in [5.74, 6) is -1.92. The second-order valence-corrected chi connectivity index (χ2v) is 6.62. The average molecular weight is 391 g/mol. The van der Waals surface area contributed by atoms with Gasteiger partial charge in [-0.1, -0.05) is 17.3 Å². The lowest BCUT2D eigenvalue weighted by Gasteiger charge is -2.16. The van der Waals surface area contributed by atoms with Crippen LogP contribution in [-0.2, 0) is 12.7 Å². The van der Waals surface area contributed by atoms with E-state index in [-0.39, 0.29) is 24.2 Å². The Morgan fingerprint density at radius 2 is 2.04 bits per heavy atom. The fourth-order valence-electron chi connectivity index (χ4n) is 3.20. The van der Waals surface area contributed by atoms with E-state index in [1.54, 1.807) is 29.6 Å². The molecule has 0 aliphatic carbocycles. The lowest BCUT2D eigenvalue weighted by molar-refractivity contribution is -0.159. The van der Waals surface area contributed by atoms with Crippen LogP contribution >= 0.6 is 0 Å². The molecule has 1 unspecified atom stereocenters. The summed E-state index contributed by atoms with van der Waals surface area (Å²) in [5, 5.41) is 3.43. The maximum atomic E-state index is 12.7. The number of nitrogens with zero attached hydrogens (tertiary/aromatic N) is 5. The number of alkyl halides is 3. The maximum absolute atomic E-state index is 12.7. The van der Waals surface area contributed by atoms with Gasteiger partial charge in [-0.15, -0.1) is 0 Å². The number of hydrogen-bond acceptors (Lipinski definition) is 5. The minimum Gasteiger partial charge on any atom is -0.338 e. The predicted molar refractivity (Wildman–Crippen MR) is 90.3 cm³/mol. The third-order valence-corrected chi connectivity index (χ3v) is 4.65. The van der Waals surface area contributed by atoms with E-state index in [0.29, 0.717) is 25.1 Å². The van der Waals surface area contributed by atoms with E-state index in [1.807, 2.05) is 22.9 Å². The van der Waals surface area contributed by atoms with Gasteiger partial charge in [0.1, 0.15) is 0 Å². The molecule has 1 aromatic carbocycles. The van der Waals surface area contributed by atoms with E-state index in [9.17, 15) is 18.0 Å². The van der Waals surface area contributed by atoms with Crippen molar-refractivity contribution in [2.75, 3.05) is 13.1 Å². The second-order valence-electron chi connectivity index (χ2n) is 6.62. The molecule has 7 nitrogen and oxygen atoms in total. The highest BCUT2D eigenvalue weighted by Gasteiger charge is 2.40. The van der Waals surface area contributed by atoms with Crippen molar-refractivity contribution < 1.29 is 22.5 Å². The lowest BCUT2D eigenvalue weighted by Crippen LogP contribution is -2.28. The van der Waals surface area contributed by atoms with Gasteiger partial charge in [-0.2, -0.15) is 18.2 Å². The molecule has 1 saturated heterocycles. The molecule has 4 rings (SSSR count). The van der Waals surface area contributed by atoms with Gasteiger partial charge in [-0.05, 0) is 24.1 Å².